The fraction of sp³-hybridized carbons (Fsp3) is 0.778. The van der Waals surface area contributed by atoms with Gasteiger partial charge in [-0.15, -0.1) is 5.10 Å². The van der Waals surface area contributed by atoms with E-state index in [2.05, 4.69) is 28.3 Å². The molecule has 1 saturated heterocycles. The van der Waals surface area contributed by atoms with Crippen molar-refractivity contribution >= 4 is 16.5 Å². The van der Waals surface area contributed by atoms with Crippen LogP contribution in [0.25, 0.3) is 0 Å². The second-order valence-corrected chi connectivity index (χ2v) is 4.82. The molecule has 2 atom stereocenters. The van der Waals surface area contributed by atoms with Gasteiger partial charge < -0.3 is 10.5 Å². The predicted octanol–water partition coefficient (Wildman–Crippen LogP) is 0.729. The molecule has 1 aromatic heterocycles. The molecule has 1 fully saturated rings. The molecule has 1 aliphatic rings. The number of hydrogen-bond donors (Lipinski definition) is 1. The number of hydrogen-bond acceptors (Lipinski definition) is 6. The van der Waals surface area contributed by atoms with E-state index < -0.39 is 0 Å². The first-order valence-corrected chi connectivity index (χ1v) is 5.87. The first-order valence-electron chi connectivity index (χ1n) is 5.09. The van der Waals surface area contributed by atoms with Crippen LogP contribution in [0.1, 0.15) is 19.5 Å². The highest BCUT2D eigenvalue weighted by atomic mass is 32.1. The van der Waals surface area contributed by atoms with Crippen LogP contribution in [-0.4, -0.2) is 39.8 Å². The number of anilines is 1. The Bertz CT molecular complexity index is 320. The molecule has 2 rings (SSSR count). The van der Waals surface area contributed by atoms with Gasteiger partial charge in [-0.1, -0.05) is 4.49 Å². The molecule has 15 heavy (non-hydrogen) atoms. The monoisotopic (exact) mass is 228 g/mol. The fourth-order valence-corrected chi connectivity index (χ4v) is 2.39. The highest BCUT2D eigenvalue weighted by Gasteiger charge is 2.23. The van der Waals surface area contributed by atoms with Crippen LogP contribution in [0.15, 0.2) is 0 Å². The smallest absolute Gasteiger partial charge is 0.132 e. The summed E-state index contributed by atoms with van der Waals surface area (Å²) >= 11 is 1.25. The summed E-state index contributed by atoms with van der Waals surface area (Å²) in [5.74, 6) is 0. The molecule has 1 aromatic rings. The third kappa shape index (κ3) is 2.64. The van der Waals surface area contributed by atoms with Crippen LogP contribution in [0.5, 0.6) is 0 Å². The fourth-order valence-electron chi connectivity index (χ4n) is 1.95. The van der Waals surface area contributed by atoms with Gasteiger partial charge in [0.15, 0.2) is 0 Å². The predicted molar refractivity (Wildman–Crippen MR) is 59.6 cm³/mol. The Balaban J connectivity index is 1.97. The standard InChI is InChI=1S/C9H16N4OS/c1-6-3-13(4-7(2)14-6)5-8-9(10)15-12-11-8/h6-7H,3-5,10H2,1-2H3/t6-,7+. The van der Waals surface area contributed by atoms with Crippen LogP contribution in [0.3, 0.4) is 0 Å². The van der Waals surface area contributed by atoms with Gasteiger partial charge in [0.1, 0.15) is 10.7 Å². The SMILES string of the molecule is C[C@@H]1CN(Cc2nnsc2N)C[C@H](C)O1. The first kappa shape index (κ1) is 10.8. The lowest BCUT2D eigenvalue weighted by atomic mass is 10.2. The van der Waals surface area contributed by atoms with E-state index in [4.69, 9.17) is 10.5 Å². The van der Waals surface area contributed by atoms with E-state index in [-0.39, 0.29) is 12.2 Å². The largest absolute Gasteiger partial charge is 0.388 e. The number of nitrogen functional groups attached to an aromatic ring is 1. The summed E-state index contributed by atoms with van der Waals surface area (Å²) in [6, 6.07) is 0. The van der Waals surface area contributed by atoms with Crippen LogP contribution in [-0.2, 0) is 11.3 Å². The van der Waals surface area contributed by atoms with Crippen molar-refractivity contribution in [3.63, 3.8) is 0 Å². The topological polar surface area (TPSA) is 64.3 Å². The van der Waals surface area contributed by atoms with Crippen molar-refractivity contribution in [2.24, 2.45) is 0 Å². The van der Waals surface area contributed by atoms with Crippen LogP contribution in [0, 0.1) is 0 Å². The van der Waals surface area contributed by atoms with Gasteiger partial charge in [-0.25, -0.2) is 0 Å². The van der Waals surface area contributed by atoms with Crippen molar-refractivity contribution in [3.8, 4) is 0 Å². The molecule has 5 nitrogen and oxygen atoms in total. The Labute approximate surface area is 93.4 Å². The molecule has 84 valence electrons. The number of nitrogens with zero attached hydrogens (tertiary/aromatic N) is 3. The number of nitrogens with two attached hydrogens (primary N) is 1. The molecule has 0 saturated carbocycles. The third-order valence-corrected chi connectivity index (χ3v) is 3.05. The minimum atomic E-state index is 0.279. The third-order valence-electron chi connectivity index (χ3n) is 2.45. The first-order chi connectivity index (χ1) is 7.15. The summed E-state index contributed by atoms with van der Waals surface area (Å²) in [4.78, 5) is 2.31. The lowest BCUT2D eigenvalue weighted by Gasteiger charge is -2.34. The molecular formula is C9H16N4OS. The van der Waals surface area contributed by atoms with Crippen molar-refractivity contribution in [2.45, 2.75) is 32.6 Å². The van der Waals surface area contributed by atoms with Crippen molar-refractivity contribution in [2.75, 3.05) is 18.8 Å². The van der Waals surface area contributed by atoms with Crippen LogP contribution < -0.4 is 5.73 Å². The highest BCUT2D eigenvalue weighted by Crippen LogP contribution is 2.18. The van der Waals surface area contributed by atoms with Crippen LogP contribution in [0.2, 0.25) is 0 Å². The number of aromatic nitrogens is 2. The molecule has 0 amide bonds. The van der Waals surface area contributed by atoms with Gasteiger partial charge in [0.25, 0.3) is 0 Å². The summed E-state index contributed by atoms with van der Waals surface area (Å²) in [6.07, 6.45) is 0.558. The molecule has 1 aliphatic heterocycles. The second kappa shape index (κ2) is 4.42. The molecule has 0 unspecified atom stereocenters. The summed E-state index contributed by atoms with van der Waals surface area (Å²) < 4.78 is 9.49. The Kier molecular flexibility index (Phi) is 3.18. The Morgan fingerprint density at radius 1 is 1.47 bits per heavy atom. The average molecular weight is 228 g/mol. The zero-order valence-electron chi connectivity index (χ0n) is 9.01. The molecule has 0 aromatic carbocycles. The average Bonchev–Trinajstić information content (AvgIpc) is 2.50. The van der Waals surface area contributed by atoms with E-state index in [0.29, 0.717) is 0 Å². The number of morpholine rings is 1. The van der Waals surface area contributed by atoms with Gasteiger partial charge in [-0.3, -0.25) is 4.90 Å². The Hall–Kier alpha value is -0.720. The molecule has 0 bridgehead atoms. The summed E-state index contributed by atoms with van der Waals surface area (Å²) in [5.41, 5.74) is 6.65. The molecule has 0 aliphatic carbocycles. The van der Waals surface area contributed by atoms with Gasteiger partial charge in [0, 0.05) is 31.2 Å². The van der Waals surface area contributed by atoms with E-state index in [1.165, 1.54) is 11.5 Å². The lowest BCUT2D eigenvalue weighted by Crippen LogP contribution is -2.44. The van der Waals surface area contributed by atoms with Gasteiger partial charge in [-0.05, 0) is 13.8 Å². The maximum atomic E-state index is 5.76. The van der Waals surface area contributed by atoms with E-state index in [1.807, 2.05) is 0 Å². The van der Waals surface area contributed by atoms with E-state index in [1.54, 1.807) is 0 Å². The highest BCUT2D eigenvalue weighted by molar-refractivity contribution is 7.09. The van der Waals surface area contributed by atoms with Crippen LogP contribution >= 0.6 is 11.5 Å². The summed E-state index contributed by atoms with van der Waals surface area (Å²) in [6.45, 7) is 6.82. The van der Waals surface area contributed by atoms with Gasteiger partial charge in [-0.2, -0.15) is 0 Å². The van der Waals surface area contributed by atoms with E-state index in [0.717, 1.165) is 30.3 Å². The van der Waals surface area contributed by atoms with E-state index >= 15 is 0 Å². The maximum Gasteiger partial charge on any atom is 0.132 e. The van der Waals surface area contributed by atoms with Crippen molar-refractivity contribution in [3.05, 3.63) is 5.69 Å². The summed E-state index contributed by atoms with van der Waals surface area (Å²) in [7, 11) is 0. The van der Waals surface area contributed by atoms with Crippen molar-refractivity contribution < 1.29 is 4.74 Å². The zero-order chi connectivity index (χ0) is 10.8. The van der Waals surface area contributed by atoms with Crippen molar-refractivity contribution in [1.82, 2.24) is 14.5 Å². The van der Waals surface area contributed by atoms with Crippen molar-refractivity contribution in [1.29, 1.82) is 0 Å². The zero-order valence-corrected chi connectivity index (χ0v) is 9.83. The molecule has 0 radical (unpaired) electrons. The second-order valence-electron chi connectivity index (χ2n) is 4.04. The lowest BCUT2D eigenvalue weighted by molar-refractivity contribution is -0.0707. The molecule has 2 heterocycles. The molecule has 2 N–H and O–H groups in total. The Morgan fingerprint density at radius 3 is 2.67 bits per heavy atom. The van der Waals surface area contributed by atoms with Gasteiger partial charge >= 0.3 is 0 Å². The van der Waals surface area contributed by atoms with Crippen LogP contribution in [0.4, 0.5) is 5.00 Å². The van der Waals surface area contributed by atoms with E-state index in [9.17, 15) is 0 Å². The minimum absolute atomic E-state index is 0.279. The number of rotatable bonds is 2. The quantitative estimate of drug-likeness (QED) is 0.808. The molecular weight excluding hydrogens is 212 g/mol. The molecule has 0 spiro atoms. The van der Waals surface area contributed by atoms with Gasteiger partial charge in [0.2, 0.25) is 0 Å². The van der Waals surface area contributed by atoms with Gasteiger partial charge in [0.05, 0.1) is 12.2 Å². The number of ether oxygens (including phenoxy) is 1. The molecule has 6 heteroatoms. The maximum absolute atomic E-state index is 5.76. The minimum Gasteiger partial charge on any atom is -0.388 e. The summed E-state index contributed by atoms with van der Waals surface area (Å²) in [5, 5.41) is 4.74. The normalized spacial score (nSPS) is 28.1. The Morgan fingerprint density at radius 2 is 2.13 bits per heavy atom.